The first-order valence-electron chi connectivity index (χ1n) is 10.1. The first kappa shape index (κ1) is 16.0. The summed E-state index contributed by atoms with van der Waals surface area (Å²) < 4.78 is 0. The van der Waals surface area contributed by atoms with E-state index in [1.54, 1.807) is 0 Å². The van der Waals surface area contributed by atoms with Gasteiger partial charge in [0.1, 0.15) is 0 Å². The maximum atomic E-state index is 4.76. The third-order valence-electron chi connectivity index (χ3n) is 6.92. The normalized spacial score (nSPS) is 35.5. The number of hydrogen-bond donors (Lipinski definition) is 0. The van der Waals surface area contributed by atoms with Gasteiger partial charge in [-0.15, -0.1) is 0 Å². The Morgan fingerprint density at radius 1 is 0.615 bits per heavy atom. The van der Waals surface area contributed by atoms with Crippen molar-refractivity contribution in [2.24, 2.45) is 45.5 Å². The lowest BCUT2D eigenvalue weighted by Gasteiger charge is -2.29. The molecular formula is C24H26N2. The van der Waals surface area contributed by atoms with Crippen LogP contribution in [0.15, 0.2) is 70.6 Å². The summed E-state index contributed by atoms with van der Waals surface area (Å²) >= 11 is 0. The zero-order valence-corrected chi connectivity index (χ0v) is 15.1. The topological polar surface area (TPSA) is 24.7 Å². The Hall–Kier alpha value is -2.22. The lowest BCUT2D eigenvalue weighted by Crippen LogP contribution is -2.25. The number of benzene rings is 2. The lowest BCUT2D eigenvalue weighted by molar-refractivity contribution is 0.230. The Morgan fingerprint density at radius 3 is 1.92 bits per heavy atom. The van der Waals surface area contributed by atoms with Gasteiger partial charge in [0.2, 0.25) is 0 Å². The molecule has 2 aromatic carbocycles. The number of nitrogens with zero attached hydrogens (tertiary/aromatic N) is 2. The molecule has 2 heteroatoms. The van der Waals surface area contributed by atoms with E-state index >= 15 is 0 Å². The molecule has 0 spiro atoms. The van der Waals surface area contributed by atoms with Crippen LogP contribution in [0.2, 0.25) is 0 Å². The fourth-order valence-electron chi connectivity index (χ4n) is 5.86. The predicted molar refractivity (Wildman–Crippen MR) is 109 cm³/mol. The lowest BCUT2D eigenvalue weighted by atomic mass is 9.76. The Bertz CT molecular complexity index is 795. The van der Waals surface area contributed by atoms with Crippen molar-refractivity contribution < 1.29 is 0 Å². The van der Waals surface area contributed by atoms with Crippen LogP contribution in [-0.4, -0.2) is 12.4 Å². The van der Waals surface area contributed by atoms with Gasteiger partial charge < -0.3 is 0 Å². The first-order valence-corrected chi connectivity index (χ1v) is 10.1. The van der Waals surface area contributed by atoms with Crippen molar-refractivity contribution in [1.29, 1.82) is 0 Å². The molecule has 0 saturated heterocycles. The van der Waals surface area contributed by atoms with Crippen molar-refractivity contribution in [3.63, 3.8) is 0 Å². The SMILES string of the molecule is C(=N\c1ccccc1)/C1CC2C3CC(/C=N/c4ccccc4)C(C3)C2C1. The highest BCUT2D eigenvalue weighted by Gasteiger charge is 2.55. The molecule has 3 aliphatic rings. The van der Waals surface area contributed by atoms with E-state index in [9.17, 15) is 0 Å². The van der Waals surface area contributed by atoms with Crippen molar-refractivity contribution in [2.75, 3.05) is 0 Å². The van der Waals surface area contributed by atoms with Gasteiger partial charge in [0, 0.05) is 12.4 Å². The summed E-state index contributed by atoms with van der Waals surface area (Å²) in [5, 5.41) is 0. The fourth-order valence-corrected chi connectivity index (χ4v) is 5.86. The first-order chi connectivity index (χ1) is 12.9. The van der Waals surface area contributed by atoms with Gasteiger partial charge in [0.15, 0.2) is 0 Å². The van der Waals surface area contributed by atoms with Crippen LogP contribution in [0.1, 0.15) is 25.7 Å². The van der Waals surface area contributed by atoms with Gasteiger partial charge in [-0.2, -0.15) is 0 Å². The zero-order valence-electron chi connectivity index (χ0n) is 15.1. The van der Waals surface area contributed by atoms with Crippen LogP contribution in [0.3, 0.4) is 0 Å². The molecule has 0 radical (unpaired) electrons. The monoisotopic (exact) mass is 342 g/mol. The smallest absolute Gasteiger partial charge is 0.0625 e. The molecule has 0 heterocycles. The van der Waals surface area contributed by atoms with E-state index in [2.05, 4.69) is 67.0 Å². The summed E-state index contributed by atoms with van der Waals surface area (Å²) in [6, 6.07) is 20.7. The molecule has 3 saturated carbocycles. The quantitative estimate of drug-likeness (QED) is 0.601. The third-order valence-corrected chi connectivity index (χ3v) is 6.92. The minimum Gasteiger partial charge on any atom is -0.261 e. The number of para-hydroxylation sites is 2. The molecule has 3 aliphatic carbocycles. The summed E-state index contributed by atoms with van der Waals surface area (Å²) in [4.78, 5) is 9.49. The van der Waals surface area contributed by atoms with Crippen LogP contribution in [0.5, 0.6) is 0 Å². The largest absolute Gasteiger partial charge is 0.261 e. The highest BCUT2D eigenvalue weighted by atomic mass is 14.7. The van der Waals surface area contributed by atoms with E-state index < -0.39 is 0 Å². The summed E-state index contributed by atoms with van der Waals surface area (Å²) in [5.41, 5.74) is 2.17. The van der Waals surface area contributed by atoms with Gasteiger partial charge >= 0.3 is 0 Å². The van der Waals surface area contributed by atoms with Crippen LogP contribution in [0.25, 0.3) is 0 Å². The number of rotatable bonds is 4. The highest BCUT2D eigenvalue weighted by molar-refractivity contribution is 5.68. The van der Waals surface area contributed by atoms with Crippen molar-refractivity contribution in [3.8, 4) is 0 Å². The van der Waals surface area contributed by atoms with E-state index in [1.165, 1.54) is 25.7 Å². The number of hydrogen-bond acceptors (Lipinski definition) is 2. The molecule has 0 N–H and O–H groups in total. The Labute approximate surface area is 156 Å². The Kier molecular flexibility index (Phi) is 4.20. The molecule has 0 aliphatic heterocycles. The molecule has 26 heavy (non-hydrogen) atoms. The number of fused-ring (bicyclic) bond motifs is 5. The van der Waals surface area contributed by atoms with Crippen LogP contribution in [0, 0.1) is 35.5 Å². The highest BCUT2D eigenvalue weighted by Crippen LogP contribution is 2.61. The second-order valence-corrected chi connectivity index (χ2v) is 8.35. The van der Waals surface area contributed by atoms with Gasteiger partial charge in [0.25, 0.3) is 0 Å². The van der Waals surface area contributed by atoms with E-state index in [4.69, 9.17) is 9.98 Å². The maximum absolute atomic E-state index is 4.76. The molecule has 6 unspecified atom stereocenters. The molecule has 0 aromatic heterocycles. The van der Waals surface area contributed by atoms with Gasteiger partial charge in [-0.1, -0.05) is 36.4 Å². The molecule has 5 rings (SSSR count). The standard InChI is InChI=1S/C24H26N2/c1-3-7-20(8-4-1)25-15-17-11-22-18-13-19(23(14-18)24(22)12-17)16-26-21-9-5-2-6-10-21/h1-10,15-19,22-24H,11-14H2/b25-15+,26-16+. The molecule has 2 nitrogen and oxygen atoms in total. The summed E-state index contributed by atoms with van der Waals surface area (Å²) in [7, 11) is 0. The molecule has 132 valence electrons. The van der Waals surface area contributed by atoms with Crippen LogP contribution in [0.4, 0.5) is 11.4 Å². The van der Waals surface area contributed by atoms with E-state index in [1.807, 2.05) is 6.07 Å². The van der Waals surface area contributed by atoms with E-state index in [-0.39, 0.29) is 0 Å². The van der Waals surface area contributed by atoms with Crippen molar-refractivity contribution >= 4 is 23.8 Å². The Balaban J connectivity index is 1.24. The average Bonchev–Trinajstić information content (AvgIpc) is 3.38. The second-order valence-electron chi connectivity index (χ2n) is 8.35. The predicted octanol–water partition coefficient (Wildman–Crippen LogP) is 6.09. The average molecular weight is 342 g/mol. The summed E-state index contributed by atoms with van der Waals surface area (Å²) in [5.74, 6) is 4.97. The molecular weight excluding hydrogens is 316 g/mol. The molecule has 2 aromatic rings. The zero-order chi connectivity index (χ0) is 17.3. The van der Waals surface area contributed by atoms with Gasteiger partial charge in [0.05, 0.1) is 11.4 Å². The molecule has 0 amide bonds. The van der Waals surface area contributed by atoms with Crippen molar-refractivity contribution in [2.45, 2.75) is 25.7 Å². The molecule has 6 atom stereocenters. The number of aliphatic imine (C=N–C) groups is 2. The van der Waals surface area contributed by atoms with Crippen LogP contribution < -0.4 is 0 Å². The second kappa shape index (κ2) is 6.83. The fraction of sp³-hybridized carbons (Fsp3) is 0.417. The van der Waals surface area contributed by atoms with Gasteiger partial charge in [-0.3, -0.25) is 9.98 Å². The van der Waals surface area contributed by atoms with Crippen LogP contribution >= 0.6 is 0 Å². The summed E-state index contributed by atoms with van der Waals surface area (Å²) in [6.07, 6.45) is 9.97. The van der Waals surface area contributed by atoms with Gasteiger partial charge in [-0.25, -0.2) is 0 Å². The van der Waals surface area contributed by atoms with E-state index in [0.717, 1.165) is 35.0 Å². The molecule has 3 fully saturated rings. The minimum atomic E-state index is 0.667. The molecule has 2 bridgehead atoms. The Morgan fingerprint density at radius 2 is 1.23 bits per heavy atom. The van der Waals surface area contributed by atoms with Crippen LogP contribution in [-0.2, 0) is 0 Å². The van der Waals surface area contributed by atoms with Crippen molar-refractivity contribution in [3.05, 3.63) is 60.7 Å². The minimum absolute atomic E-state index is 0.667. The van der Waals surface area contributed by atoms with Gasteiger partial charge in [-0.05, 0) is 85.5 Å². The third kappa shape index (κ3) is 3.02. The maximum Gasteiger partial charge on any atom is 0.0625 e. The summed E-state index contributed by atoms with van der Waals surface area (Å²) in [6.45, 7) is 0. The van der Waals surface area contributed by atoms with E-state index in [0.29, 0.717) is 11.8 Å². The van der Waals surface area contributed by atoms with Crippen molar-refractivity contribution in [1.82, 2.24) is 0 Å².